The topological polar surface area (TPSA) is 137 Å². The third-order valence-corrected chi connectivity index (χ3v) is 5.72. The van der Waals surface area contributed by atoms with Gasteiger partial charge in [0.05, 0.1) is 16.8 Å². The Labute approximate surface area is 165 Å². The van der Waals surface area contributed by atoms with E-state index in [1.165, 1.54) is 0 Å². The van der Waals surface area contributed by atoms with Gasteiger partial charge in [-0.15, -0.1) is 0 Å². The van der Waals surface area contributed by atoms with Crippen LogP contribution in [-0.2, 0) is 44.1 Å². The van der Waals surface area contributed by atoms with Gasteiger partial charge in [0.25, 0.3) is 0 Å². The Kier molecular flexibility index (Phi) is 7.79. The van der Waals surface area contributed by atoms with Gasteiger partial charge < -0.3 is 23.5 Å². The summed E-state index contributed by atoms with van der Waals surface area (Å²) < 4.78 is 45.8. The molecule has 0 aromatic carbocycles. The molecule has 5 unspecified atom stereocenters. The first-order valence-electron chi connectivity index (χ1n) is 9.06. The van der Waals surface area contributed by atoms with Crippen molar-refractivity contribution >= 4 is 29.5 Å². The van der Waals surface area contributed by atoms with Crippen LogP contribution in [0, 0.1) is 17.3 Å². The van der Waals surface area contributed by atoms with Crippen LogP contribution >= 0.6 is 0 Å². The zero-order valence-electron chi connectivity index (χ0n) is 16.0. The van der Waals surface area contributed by atoms with E-state index in [1.807, 2.05) is 6.92 Å². The molecular formula is C17H25O10S-. The predicted octanol–water partition coefficient (Wildman–Crippen LogP) is 1.60. The van der Waals surface area contributed by atoms with Crippen LogP contribution in [0.15, 0.2) is 0 Å². The first-order valence-corrected chi connectivity index (χ1v) is 10.1. The lowest BCUT2D eigenvalue weighted by Crippen LogP contribution is -2.39. The van der Waals surface area contributed by atoms with E-state index in [0.29, 0.717) is 12.8 Å². The maximum absolute atomic E-state index is 11.8. The molecular weight excluding hydrogens is 396 g/mol. The Morgan fingerprint density at radius 3 is 2.32 bits per heavy atom. The molecule has 2 rings (SSSR count). The monoisotopic (exact) mass is 421 g/mol. The number of fused-ring (bicyclic) bond motifs is 2. The number of ether oxygens (including phenoxy) is 4. The summed E-state index contributed by atoms with van der Waals surface area (Å²) >= 11 is -2.71. The van der Waals surface area contributed by atoms with Crippen LogP contribution in [0.1, 0.15) is 46.5 Å². The summed E-state index contributed by atoms with van der Waals surface area (Å²) in [6.45, 7) is 3.88. The zero-order chi connectivity index (χ0) is 20.9. The standard InChI is InChI=1S/C17H26O10S/c1-4-17(2,3)15(19)23-8-12(18)24-9-25-16(20)26-13-10-5-6-11(7-10)14(13)27-28(21)22/h10-11,13-14H,4-9H2,1-3H3,(H,21,22)/p-1. The molecule has 10 nitrogen and oxygen atoms in total. The number of carbonyl (C=O) groups excluding carboxylic acids is 3. The van der Waals surface area contributed by atoms with Crippen molar-refractivity contribution in [2.75, 3.05) is 13.4 Å². The van der Waals surface area contributed by atoms with E-state index in [0.717, 1.165) is 12.8 Å². The molecule has 0 amide bonds. The number of rotatable bonds is 9. The molecule has 2 aliphatic carbocycles. The molecule has 2 bridgehead atoms. The first kappa shape index (κ1) is 22.6. The van der Waals surface area contributed by atoms with Crippen molar-refractivity contribution in [3.8, 4) is 0 Å². The van der Waals surface area contributed by atoms with Crippen LogP contribution in [0.4, 0.5) is 4.79 Å². The minimum atomic E-state index is -2.71. The van der Waals surface area contributed by atoms with Gasteiger partial charge >= 0.3 is 18.1 Å². The van der Waals surface area contributed by atoms with E-state index in [2.05, 4.69) is 9.47 Å². The highest BCUT2D eigenvalue weighted by atomic mass is 32.2. The van der Waals surface area contributed by atoms with Crippen LogP contribution in [0.2, 0.25) is 0 Å². The van der Waals surface area contributed by atoms with Crippen molar-refractivity contribution in [3.05, 3.63) is 0 Å². The minimum Gasteiger partial charge on any atom is -0.750 e. The van der Waals surface area contributed by atoms with Gasteiger partial charge in [-0.25, -0.2) is 13.8 Å². The fraction of sp³-hybridized carbons (Fsp3) is 0.824. The number of hydrogen-bond acceptors (Lipinski definition) is 10. The van der Waals surface area contributed by atoms with Crippen molar-refractivity contribution < 1.29 is 46.3 Å². The summed E-state index contributed by atoms with van der Waals surface area (Å²) in [4.78, 5) is 35.1. The van der Waals surface area contributed by atoms with Gasteiger partial charge in [0, 0.05) is 0 Å². The normalized spacial score (nSPS) is 27.1. The maximum atomic E-state index is 11.8. The third-order valence-electron chi connectivity index (χ3n) is 5.34. The lowest BCUT2D eigenvalue weighted by Gasteiger charge is -2.30. The van der Waals surface area contributed by atoms with E-state index in [-0.39, 0.29) is 11.8 Å². The number of esters is 2. The van der Waals surface area contributed by atoms with E-state index in [4.69, 9.17) is 13.7 Å². The Morgan fingerprint density at radius 1 is 1.07 bits per heavy atom. The van der Waals surface area contributed by atoms with Crippen molar-refractivity contribution in [3.63, 3.8) is 0 Å². The maximum Gasteiger partial charge on any atom is 0.511 e. The minimum absolute atomic E-state index is 0.00924. The quantitative estimate of drug-likeness (QED) is 0.233. The molecule has 0 heterocycles. The summed E-state index contributed by atoms with van der Waals surface area (Å²) in [6, 6.07) is 0. The molecule has 5 atom stereocenters. The van der Waals surface area contributed by atoms with Crippen LogP contribution in [0.3, 0.4) is 0 Å². The summed E-state index contributed by atoms with van der Waals surface area (Å²) in [6.07, 6.45) is 0.331. The molecule has 0 aromatic heterocycles. The highest BCUT2D eigenvalue weighted by molar-refractivity contribution is 7.74. The molecule has 2 saturated carbocycles. The molecule has 0 radical (unpaired) electrons. The number of hydrogen-bond donors (Lipinski definition) is 0. The summed E-state index contributed by atoms with van der Waals surface area (Å²) in [7, 11) is 0. The summed E-state index contributed by atoms with van der Waals surface area (Å²) in [5.41, 5.74) is -0.715. The van der Waals surface area contributed by atoms with Crippen LogP contribution < -0.4 is 0 Å². The SMILES string of the molecule is CCC(C)(C)C(=O)OCC(=O)OCOC(=O)OC1C2CCC(C2)C1OS(=O)[O-]. The molecule has 2 aliphatic rings. The Bertz CT molecular complexity index is 619. The van der Waals surface area contributed by atoms with Gasteiger partial charge in [-0.1, -0.05) is 6.92 Å². The van der Waals surface area contributed by atoms with Crippen LogP contribution in [-0.4, -0.2) is 52.5 Å². The zero-order valence-corrected chi connectivity index (χ0v) is 16.9. The lowest BCUT2D eigenvalue weighted by molar-refractivity contribution is -0.170. The van der Waals surface area contributed by atoms with Crippen molar-refractivity contribution in [1.29, 1.82) is 0 Å². The molecule has 2 fully saturated rings. The van der Waals surface area contributed by atoms with Gasteiger partial charge in [-0.05, 0) is 51.4 Å². The highest BCUT2D eigenvalue weighted by Crippen LogP contribution is 2.47. The van der Waals surface area contributed by atoms with Gasteiger partial charge in [0.1, 0.15) is 12.2 Å². The predicted molar refractivity (Wildman–Crippen MR) is 92.0 cm³/mol. The van der Waals surface area contributed by atoms with Gasteiger partial charge in [0.15, 0.2) is 6.61 Å². The summed E-state index contributed by atoms with van der Waals surface area (Å²) in [5.74, 6) is -1.39. The Hall–Kier alpha value is -1.72. The fourth-order valence-corrected chi connectivity index (χ4v) is 3.82. The van der Waals surface area contributed by atoms with Gasteiger partial charge in [0.2, 0.25) is 6.79 Å². The largest absolute Gasteiger partial charge is 0.750 e. The molecule has 0 N–H and O–H groups in total. The second-order valence-corrected chi connectivity index (χ2v) is 8.12. The van der Waals surface area contributed by atoms with E-state index < -0.39 is 60.5 Å². The van der Waals surface area contributed by atoms with Gasteiger partial charge in [-0.3, -0.25) is 8.98 Å². The van der Waals surface area contributed by atoms with Crippen molar-refractivity contribution in [1.82, 2.24) is 0 Å². The Morgan fingerprint density at radius 2 is 1.71 bits per heavy atom. The second-order valence-electron chi connectivity index (χ2n) is 7.52. The van der Waals surface area contributed by atoms with Crippen molar-refractivity contribution in [2.45, 2.75) is 58.7 Å². The van der Waals surface area contributed by atoms with Crippen LogP contribution in [0.5, 0.6) is 0 Å². The third kappa shape index (κ3) is 5.89. The number of carbonyl (C=O) groups is 3. The van der Waals surface area contributed by atoms with E-state index >= 15 is 0 Å². The van der Waals surface area contributed by atoms with Gasteiger partial charge in [-0.2, -0.15) is 0 Å². The smallest absolute Gasteiger partial charge is 0.511 e. The first-order chi connectivity index (χ1) is 13.1. The molecule has 0 aliphatic heterocycles. The van der Waals surface area contributed by atoms with E-state index in [1.54, 1.807) is 13.8 Å². The highest BCUT2D eigenvalue weighted by Gasteiger charge is 2.51. The average Bonchev–Trinajstić information content (AvgIpc) is 3.22. The molecule has 0 aromatic rings. The average molecular weight is 421 g/mol. The molecule has 160 valence electrons. The lowest BCUT2D eigenvalue weighted by atomic mass is 9.91. The second kappa shape index (κ2) is 9.66. The molecule has 0 saturated heterocycles. The van der Waals surface area contributed by atoms with E-state index in [9.17, 15) is 23.1 Å². The molecule has 28 heavy (non-hydrogen) atoms. The molecule has 11 heteroatoms. The Balaban J connectivity index is 1.69. The van der Waals surface area contributed by atoms with Crippen molar-refractivity contribution in [2.24, 2.45) is 17.3 Å². The summed E-state index contributed by atoms with van der Waals surface area (Å²) in [5, 5.41) is 0. The van der Waals surface area contributed by atoms with Crippen LogP contribution in [0.25, 0.3) is 0 Å². The fourth-order valence-electron chi connectivity index (χ4n) is 3.37. The molecule has 0 spiro atoms.